The molecule has 2 aromatic rings. The van der Waals surface area contributed by atoms with Gasteiger partial charge in [-0.15, -0.1) is 0 Å². The molecule has 1 aromatic carbocycles. The highest BCUT2D eigenvalue weighted by molar-refractivity contribution is 5.78. The lowest BCUT2D eigenvalue weighted by Gasteiger charge is -2.37. The van der Waals surface area contributed by atoms with Crippen molar-refractivity contribution < 1.29 is 9.18 Å². The van der Waals surface area contributed by atoms with Crippen LogP contribution in [0.4, 0.5) is 10.1 Å². The van der Waals surface area contributed by atoms with E-state index in [1.165, 1.54) is 11.8 Å². The number of likely N-dealkylation sites (tertiary alicyclic amines) is 1. The van der Waals surface area contributed by atoms with Gasteiger partial charge in [-0.05, 0) is 43.7 Å². The summed E-state index contributed by atoms with van der Waals surface area (Å²) in [4.78, 5) is 19.1. The van der Waals surface area contributed by atoms with E-state index >= 15 is 0 Å². The number of aromatic nitrogens is 1. The SMILES string of the molecule is Cn1cccc1[C@@H]1CCCN1CC(=O)N1CCN(c2ccccc2F)CC1. The number of carbonyl (C=O) groups excluding carboxylic acids is 1. The van der Waals surface area contributed by atoms with E-state index < -0.39 is 0 Å². The maximum Gasteiger partial charge on any atom is 0.236 e. The van der Waals surface area contributed by atoms with Crippen LogP contribution in [0, 0.1) is 5.82 Å². The number of piperazine rings is 1. The summed E-state index contributed by atoms with van der Waals surface area (Å²) in [7, 11) is 2.07. The van der Waals surface area contributed by atoms with Crippen molar-refractivity contribution >= 4 is 11.6 Å². The zero-order valence-corrected chi connectivity index (χ0v) is 15.9. The first-order valence-electron chi connectivity index (χ1n) is 9.76. The van der Waals surface area contributed by atoms with E-state index in [0.29, 0.717) is 44.5 Å². The highest BCUT2D eigenvalue weighted by atomic mass is 19.1. The molecule has 0 bridgehead atoms. The summed E-state index contributed by atoms with van der Waals surface area (Å²) < 4.78 is 16.1. The Morgan fingerprint density at radius 2 is 1.85 bits per heavy atom. The molecule has 0 spiro atoms. The molecular formula is C21H27FN4O. The Hall–Kier alpha value is -2.34. The molecule has 2 aliphatic rings. The van der Waals surface area contributed by atoms with Crippen LogP contribution in [0.25, 0.3) is 0 Å². The number of hydrogen-bond acceptors (Lipinski definition) is 3. The Bertz CT molecular complexity index is 797. The number of nitrogens with zero attached hydrogens (tertiary/aromatic N) is 4. The number of rotatable bonds is 4. The number of carbonyl (C=O) groups is 1. The first kappa shape index (κ1) is 18.0. The van der Waals surface area contributed by atoms with Gasteiger partial charge in [0.15, 0.2) is 0 Å². The molecule has 0 unspecified atom stereocenters. The number of aryl methyl sites for hydroxylation is 1. The summed E-state index contributed by atoms with van der Waals surface area (Å²) in [6.45, 7) is 4.08. The first-order valence-corrected chi connectivity index (χ1v) is 9.76. The summed E-state index contributed by atoms with van der Waals surface area (Å²) in [5, 5.41) is 0. The fraction of sp³-hybridized carbons (Fsp3) is 0.476. The van der Waals surface area contributed by atoms with E-state index in [-0.39, 0.29) is 11.7 Å². The molecular weight excluding hydrogens is 343 g/mol. The van der Waals surface area contributed by atoms with Crippen LogP contribution in [0.15, 0.2) is 42.6 Å². The quantitative estimate of drug-likeness (QED) is 0.829. The van der Waals surface area contributed by atoms with Crippen LogP contribution in [-0.2, 0) is 11.8 Å². The lowest BCUT2D eigenvalue weighted by Crippen LogP contribution is -2.51. The van der Waals surface area contributed by atoms with Gasteiger partial charge in [-0.25, -0.2) is 4.39 Å². The van der Waals surface area contributed by atoms with Crippen molar-refractivity contribution in [3.05, 3.63) is 54.1 Å². The van der Waals surface area contributed by atoms with Gasteiger partial charge in [-0.2, -0.15) is 0 Å². The van der Waals surface area contributed by atoms with Gasteiger partial charge >= 0.3 is 0 Å². The van der Waals surface area contributed by atoms with Crippen molar-refractivity contribution in [1.82, 2.24) is 14.4 Å². The molecule has 0 aliphatic carbocycles. The van der Waals surface area contributed by atoms with Crippen molar-refractivity contribution in [2.75, 3.05) is 44.2 Å². The van der Waals surface area contributed by atoms with E-state index in [1.54, 1.807) is 6.07 Å². The molecule has 2 saturated heterocycles. The second-order valence-corrected chi connectivity index (χ2v) is 7.49. The molecule has 1 atom stereocenters. The zero-order chi connectivity index (χ0) is 18.8. The van der Waals surface area contributed by atoms with Crippen molar-refractivity contribution in [1.29, 1.82) is 0 Å². The number of amides is 1. The zero-order valence-electron chi connectivity index (χ0n) is 15.9. The Kier molecular flexibility index (Phi) is 5.16. The standard InChI is InChI=1S/C21H27FN4O/c1-23-10-4-8-19(23)20-9-5-11-26(20)16-21(27)25-14-12-24(13-15-25)18-7-3-2-6-17(18)22/h2-4,6-8,10,20H,5,9,11-16H2,1H3/t20-/m0/s1. The Balaban J connectivity index is 1.34. The average molecular weight is 370 g/mol. The largest absolute Gasteiger partial charge is 0.366 e. The minimum Gasteiger partial charge on any atom is -0.366 e. The van der Waals surface area contributed by atoms with E-state index in [1.807, 2.05) is 21.9 Å². The van der Waals surface area contributed by atoms with Gasteiger partial charge in [0, 0.05) is 45.1 Å². The summed E-state index contributed by atoms with van der Waals surface area (Å²) in [6, 6.07) is 11.4. The Morgan fingerprint density at radius 1 is 1.07 bits per heavy atom. The first-order chi connectivity index (χ1) is 13.1. The predicted molar refractivity (Wildman–Crippen MR) is 104 cm³/mol. The lowest BCUT2D eigenvalue weighted by atomic mass is 10.1. The summed E-state index contributed by atoms with van der Waals surface area (Å²) in [6.07, 6.45) is 4.30. The Morgan fingerprint density at radius 3 is 2.56 bits per heavy atom. The normalized spacial score (nSPS) is 21.0. The molecule has 0 N–H and O–H groups in total. The predicted octanol–water partition coefficient (Wildman–Crippen LogP) is 2.65. The molecule has 1 aromatic heterocycles. The van der Waals surface area contributed by atoms with Gasteiger partial charge in [0.25, 0.3) is 0 Å². The Labute approximate surface area is 160 Å². The third kappa shape index (κ3) is 3.72. The summed E-state index contributed by atoms with van der Waals surface area (Å²) in [5.74, 6) is -0.0101. The second kappa shape index (κ2) is 7.72. The van der Waals surface area contributed by atoms with E-state index in [0.717, 1.165) is 19.4 Å². The van der Waals surface area contributed by atoms with Crippen LogP contribution >= 0.6 is 0 Å². The minimum atomic E-state index is -0.195. The summed E-state index contributed by atoms with van der Waals surface area (Å²) in [5.41, 5.74) is 1.91. The summed E-state index contributed by atoms with van der Waals surface area (Å²) >= 11 is 0. The number of anilines is 1. The second-order valence-electron chi connectivity index (χ2n) is 7.49. The lowest BCUT2D eigenvalue weighted by molar-refractivity contribution is -0.133. The van der Waals surface area contributed by atoms with Gasteiger partial charge < -0.3 is 14.4 Å². The topological polar surface area (TPSA) is 31.7 Å². The third-order valence-corrected chi connectivity index (χ3v) is 5.85. The van der Waals surface area contributed by atoms with Crippen LogP contribution in [-0.4, -0.2) is 59.5 Å². The molecule has 5 nitrogen and oxygen atoms in total. The number of benzene rings is 1. The van der Waals surface area contributed by atoms with Gasteiger partial charge in [0.05, 0.1) is 18.3 Å². The van der Waals surface area contributed by atoms with Crippen LogP contribution < -0.4 is 4.90 Å². The van der Waals surface area contributed by atoms with Crippen molar-refractivity contribution in [3.63, 3.8) is 0 Å². The molecule has 27 heavy (non-hydrogen) atoms. The monoisotopic (exact) mass is 370 g/mol. The van der Waals surface area contributed by atoms with Crippen LogP contribution in [0.2, 0.25) is 0 Å². The number of hydrogen-bond donors (Lipinski definition) is 0. The van der Waals surface area contributed by atoms with Gasteiger partial charge in [-0.3, -0.25) is 9.69 Å². The number of halogens is 1. The van der Waals surface area contributed by atoms with Crippen molar-refractivity contribution in [3.8, 4) is 0 Å². The molecule has 4 rings (SSSR count). The highest BCUT2D eigenvalue weighted by Gasteiger charge is 2.31. The van der Waals surface area contributed by atoms with E-state index in [4.69, 9.17) is 0 Å². The van der Waals surface area contributed by atoms with Crippen LogP contribution in [0.3, 0.4) is 0 Å². The van der Waals surface area contributed by atoms with Gasteiger partial charge in [-0.1, -0.05) is 12.1 Å². The molecule has 3 heterocycles. The minimum absolute atomic E-state index is 0.185. The average Bonchev–Trinajstić information content (AvgIpc) is 3.30. The third-order valence-electron chi connectivity index (χ3n) is 5.85. The fourth-order valence-electron chi connectivity index (χ4n) is 4.35. The van der Waals surface area contributed by atoms with Gasteiger partial charge in [0.2, 0.25) is 5.91 Å². The fourth-order valence-corrected chi connectivity index (χ4v) is 4.35. The van der Waals surface area contributed by atoms with Gasteiger partial charge in [0.1, 0.15) is 5.82 Å². The van der Waals surface area contributed by atoms with Crippen LogP contribution in [0.5, 0.6) is 0 Å². The van der Waals surface area contributed by atoms with E-state index in [9.17, 15) is 9.18 Å². The maximum atomic E-state index is 14.0. The smallest absolute Gasteiger partial charge is 0.236 e. The van der Waals surface area contributed by atoms with Crippen molar-refractivity contribution in [2.24, 2.45) is 7.05 Å². The van der Waals surface area contributed by atoms with Crippen LogP contribution in [0.1, 0.15) is 24.6 Å². The molecule has 144 valence electrons. The molecule has 0 radical (unpaired) electrons. The molecule has 6 heteroatoms. The molecule has 2 aliphatic heterocycles. The number of para-hydroxylation sites is 1. The molecule has 0 saturated carbocycles. The van der Waals surface area contributed by atoms with Crippen molar-refractivity contribution in [2.45, 2.75) is 18.9 Å². The molecule has 2 fully saturated rings. The van der Waals surface area contributed by atoms with E-state index in [2.05, 4.69) is 34.8 Å². The maximum absolute atomic E-state index is 14.0. The molecule has 1 amide bonds. The highest BCUT2D eigenvalue weighted by Crippen LogP contribution is 2.31.